The van der Waals surface area contributed by atoms with Crippen LogP contribution in [0, 0.1) is 94.7 Å². The van der Waals surface area contributed by atoms with Crippen LogP contribution in [0.2, 0.25) is 0 Å². The second kappa shape index (κ2) is 13.9. The minimum absolute atomic E-state index is 0.0811. The van der Waals surface area contributed by atoms with Crippen LogP contribution in [0.4, 0.5) is 0 Å². The van der Waals surface area contributed by atoms with Gasteiger partial charge in [0, 0.05) is 13.2 Å². The van der Waals surface area contributed by atoms with Crippen LogP contribution in [0.15, 0.2) is 0 Å². The predicted molar refractivity (Wildman–Crippen MR) is 185 cm³/mol. The minimum atomic E-state index is -0.140. The standard InChI is InChI=1S/C43H70O3/c44-25-29(46-22-12-8-4-1-5-9-13-27-15-16-34-35(23-27)39-31-18-17-30(31)38(34)39)26-45-21-11-7-3-2-6-10-14-28-24-36-37(28)43-41-33-20-19-32(33)40(41)42(36)43/h27-44H,1-26H2. The van der Waals surface area contributed by atoms with Crippen molar-refractivity contribution >= 4 is 0 Å². The van der Waals surface area contributed by atoms with Gasteiger partial charge in [0.25, 0.3) is 0 Å². The predicted octanol–water partition coefficient (Wildman–Crippen LogP) is 9.94. The second-order valence-corrected chi connectivity index (χ2v) is 19.1. The molecular weight excluding hydrogens is 564 g/mol. The zero-order valence-corrected chi connectivity index (χ0v) is 29.5. The summed E-state index contributed by atoms with van der Waals surface area (Å²) in [5, 5.41) is 9.72. The molecule has 3 nitrogen and oxygen atoms in total. The van der Waals surface area contributed by atoms with Gasteiger partial charge in [0.05, 0.1) is 13.2 Å². The number of fused-ring (bicyclic) bond motifs is 17. The van der Waals surface area contributed by atoms with E-state index in [1.807, 2.05) is 0 Å². The van der Waals surface area contributed by atoms with Crippen LogP contribution in [-0.2, 0) is 9.47 Å². The molecule has 17 unspecified atom stereocenters. The normalized spacial score (nSPS) is 48.2. The first-order chi connectivity index (χ1) is 22.8. The van der Waals surface area contributed by atoms with Crippen LogP contribution >= 0.6 is 0 Å². The molecule has 0 aromatic carbocycles. The fourth-order valence-electron chi connectivity index (χ4n) is 15.1. The molecule has 0 saturated heterocycles. The number of rotatable bonds is 22. The van der Waals surface area contributed by atoms with Crippen molar-refractivity contribution in [3.05, 3.63) is 0 Å². The third-order valence-electron chi connectivity index (χ3n) is 17.6. The molecule has 9 aliphatic rings. The van der Waals surface area contributed by atoms with Gasteiger partial charge >= 0.3 is 0 Å². The van der Waals surface area contributed by atoms with E-state index in [9.17, 15) is 5.11 Å². The summed E-state index contributed by atoms with van der Waals surface area (Å²) >= 11 is 0. The lowest BCUT2D eigenvalue weighted by atomic mass is 9.20. The molecule has 9 saturated carbocycles. The highest BCUT2D eigenvalue weighted by atomic mass is 16.5. The SMILES string of the molecule is OCC(COCCCCCCCCC1CC2C1C1C3C4CCC4C3C21)OCCCCCCCCC1CCC2C(C1)C1C3CCC3C21. The summed E-state index contributed by atoms with van der Waals surface area (Å²) in [5.74, 6) is 19.1. The first kappa shape index (κ1) is 31.8. The highest BCUT2D eigenvalue weighted by molar-refractivity contribution is 5.27. The van der Waals surface area contributed by atoms with Gasteiger partial charge in [-0.1, -0.05) is 83.5 Å². The highest BCUT2D eigenvalue weighted by Gasteiger charge is 2.79. The Hall–Kier alpha value is -0.120. The average Bonchev–Trinajstić information content (AvgIpc) is 3.03. The molecule has 0 heterocycles. The molecule has 9 rings (SSSR count). The monoisotopic (exact) mass is 635 g/mol. The van der Waals surface area contributed by atoms with Crippen molar-refractivity contribution in [3.63, 3.8) is 0 Å². The molecule has 9 aliphatic carbocycles. The number of hydrogen-bond acceptors (Lipinski definition) is 3. The largest absolute Gasteiger partial charge is 0.394 e. The molecular formula is C43H70O3. The Morgan fingerprint density at radius 1 is 0.457 bits per heavy atom. The van der Waals surface area contributed by atoms with Gasteiger partial charge in [-0.3, -0.25) is 0 Å². The van der Waals surface area contributed by atoms with Gasteiger partial charge in [-0.2, -0.15) is 0 Å². The molecule has 0 aliphatic heterocycles. The smallest absolute Gasteiger partial charge is 0.104 e. The van der Waals surface area contributed by atoms with Gasteiger partial charge in [-0.05, 0) is 152 Å². The summed E-state index contributed by atoms with van der Waals surface area (Å²) in [6.07, 6.45) is 31.8. The Labute approximate surface area is 282 Å². The molecule has 260 valence electrons. The summed E-state index contributed by atoms with van der Waals surface area (Å²) in [6, 6.07) is 0. The van der Waals surface area contributed by atoms with E-state index < -0.39 is 0 Å². The van der Waals surface area contributed by atoms with E-state index in [2.05, 4.69) is 0 Å². The molecule has 0 bridgehead atoms. The van der Waals surface area contributed by atoms with Gasteiger partial charge in [-0.15, -0.1) is 0 Å². The Kier molecular flexibility index (Phi) is 9.61. The van der Waals surface area contributed by atoms with Gasteiger partial charge in [0.2, 0.25) is 0 Å². The van der Waals surface area contributed by atoms with E-state index in [1.165, 1.54) is 148 Å². The topological polar surface area (TPSA) is 38.7 Å². The Bertz CT molecular complexity index is 1000. The van der Waals surface area contributed by atoms with Crippen molar-refractivity contribution in [2.45, 2.75) is 147 Å². The van der Waals surface area contributed by atoms with E-state index in [0.29, 0.717) is 6.61 Å². The zero-order valence-electron chi connectivity index (χ0n) is 29.5. The van der Waals surface area contributed by atoms with Crippen molar-refractivity contribution in [2.24, 2.45) is 94.7 Å². The van der Waals surface area contributed by atoms with E-state index in [-0.39, 0.29) is 12.7 Å². The molecule has 0 aromatic heterocycles. The number of aliphatic hydroxyl groups is 1. The molecule has 0 spiro atoms. The molecule has 1 N–H and O–H groups in total. The lowest BCUT2D eigenvalue weighted by Crippen LogP contribution is -2.80. The number of unbranched alkanes of at least 4 members (excludes halogenated alkanes) is 10. The average molecular weight is 635 g/mol. The number of ether oxygens (including phenoxy) is 2. The van der Waals surface area contributed by atoms with Crippen LogP contribution in [-0.4, -0.2) is 37.6 Å². The molecule has 9 fully saturated rings. The van der Waals surface area contributed by atoms with Crippen LogP contribution < -0.4 is 0 Å². The second-order valence-electron chi connectivity index (χ2n) is 19.1. The highest BCUT2D eigenvalue weighted by Crippen LogP contribution is 2.84. The van der Waals surface area contributed by atoms with Gasteiger partial charge in [-0.25, -0.2) is 0 Å². The third-order valence-corrected chi connectivity index (χ3v) is 17.6. The molecule has 3 heteroatoms. The van der Waals surface area contributed by atoms with Gasteiger partial charge < -0.3 is 14.6 Å². The summed E-state index contributed by atoms with van der Waals surface area (Å²) in [6.45, 7) is 2.23. The van der Waals surface area contributed by atoms with Crippen LogP contribution in [0.25, 0.3) is 0 Å². The molecule has 17 atom stereocenters. The first-order valence-electron chi connectivity index (χ1n) is 21.6. The van der Waals surface area contributed by atoms with Crippen molar-refractivity contribution in [1.82, 2.24) is 0 Å². The van der Waals surface area contributed by atoms with Crippen molar-refractivity contribution in [1.29, 1.82) is 0 Å². The van der Waals surface area contributed by atoms with E-state index in [1.54, 1.807) is 57.8 Å². The fraction of sp³-hybridized carbons (Fsp3) is 1.00. The van der Waals surface area contributed by atoms with E-state index >= 15 is 0 Å². The fourth-order valence-corrected chi connectivity index (χ4v) is 15.1. The van der Waals surface area contributed by atoms with Gasteiger partial charge in [0.15, 0.2) is 0 Å². The molecule has 46 heavy (non-hydrogen) atoms. The zero-order chi connectivity index (χ0) is 30.6. The Balaban J connectivity index is 0.521. The lowest BCUT2D eigenvalue weighted by Gasteiger charge is -2.85. The summed E-state index contributed by atoms with van der Waals surface area (Å²) < 4.78 is 11.8. The van der Waals surface area contributed by atoms with E-state index in [0.717, 1.165) is 43.8 Å². The van der Waals surface area contributed by atoms with Crippen LogP contribution in [0.3, 0.4) is 0 Å². The van der Waals surface area contributed by atoms with E-state index in [4.69, 9.17) is 9.47 Å². The number of hydrogen-bond donors (Lipinski definition) is 1. The third kappa shape index (κ3) is 5.43. The number of aliphatic hydroxyl groups excluding tert-OH is 1. The van der Waals surface area contributed by atoms with Crippen molar-refractivity contribution < 1.29 is 14.6 Å². The maximum atomic E-state index is 9.72. The molecule has 0 amide bonds. The summed E-state index contributed by atoms with van der Waals surface area (Å²) in [4.78, 5) is 0. The summed E-state index contributed by atoms with van der Waals surface area (Å²) in [7, 11) is 0. The maximum Gasteiger partial charge on any atom is 0.104 e. The van der Waals surface area contributed by atoms with Crippen molar-refractivity contribution in [3.8, 4) is 0 Å². The Morgan fingerprint density at radius 2 is 1.00 bits per heavy atom. The summed E-state index contributed by atoms with van der Waals surface area (Å²) in [5.41, 5.74) is 0. The quantitative estimate of drug-likeness (QED) is 0.0952. The Morgan fingerprint density at radius 3 is 1.72 bits per heavy atom. The van der Waals surface area contributed by atoms with Crippen LogP contribution in [0.5, 0.6) is 0 Å². The minimum Gasteiger partial charge on any atom is -0.394 e. The maximum absolute atomic E-state index is 9.72. The van der Waals surface area contributed by atoms with Crippen LogP contribution in [0.1, 0.15) is 141 Å². The molecule has 0 aromatic rings. The molecule has 0 radical (unpaired) electrons. The van der Waals surface area contributed by atoms with Gasteiger partial charge in [0.1, 0.15) is 6.10 Å². The van der Waals surface area contributed by atoms with Crippen molar-refractivity contribution in [2.75, 3.05) is 26.4 Å². The lowest BCUT2D eigenvalue weighted by molar-refractivity contribution is -0.375. The first-order valence-corrected chi connectivity index (χ1v) is 21.6.